The molecule has 0 unspecified atom stereocenters. The first-order chi connectivity index (χ1) is 5.02. The van der Waals surface area contributed by atoms with Crippen LogP contribution in [0.25, 0.3) is 0 Å². The van der Waals surface area contributed by atoms with Gasteiger partial charge in [0.25, 0.3) is 0 Å². The maximum atomic E-state index is 2.48. The summed E-state index contributed by atoms with van der Waals surface area (Å²) in [6.07, 6.45) is 10.5. The van der Waals surface area contributed by atoms with E-state index in [0.29, 0.717) is 3.80 Å². The molecule has 0 nitrogen and oxygen atoms in total. The summed E-state index contributed by atoms with van der Waals surface area (Å²) < 4.78 is 0.493. The van der Waals surface area contributed by atoms with Gasteiger partial charge in [0.05, 0.1) is 0 Å². The Morgan fingerprint density at radius 1 is 1.09 bits per heavy atom. The SMILES string of the molecule is CC[C]1([Pt]([CH3])([CH3])[CH3])C=CC=C1. The Morgan fingerprint density at radius 3 is 1.73 bits per heavy atom. The zero-order chi connectivity index (χ0) is 8.54. The predicted octanol–water partition coefficient (Wildman–Crippen LogP) is 3.98. The van der Waals surface area contributed by atoms with Crippen LogP contribution in [0.15, 0.2) is 24.3 Å². The van der Waals surface area contributed by atoms with Crippen LogP contribution in [0.4, 0.5) is 0 Å². The average Bonchev–Trinajstić information content (AvgIpc) is 2.33. The van der Waals surface area contributed by atoms with E-state index < -0.39 is 16.1 Å². The molecule has 0 aliphatic heterocycles. The van der Waals surface area contributed by atoms with Crippen LogP contribution in [-0.4, -0.2) is 0 Å². The Hall–Kier alpha value is 0.168. The second kappa shape index (κ2) is 2.90. The van der Waals surface area contributed by atoms with E-state index >= 15 is 0 Å². The third kappa shape index (κ3) is 1.51. The zero-order valence-corrected chi connectivity index (χ0v) is 10.1. The Balaban J connectivity index is 2.95. The third-order valence-electron chi connectivity index (χ3n) is 2.24. The fraction of sp³-hybridized carbons (Fsp3) is 0.600. The van der Waals surface area contributed by atoms with E-state index in [1.807, 2.05) is 0 Å². The second-order valence-corrected chi connectivity index (χ2v) is 15.7. The Bertz CT molecular complexity index is 181. The molecule has 0 spiro atoms. The summed E-state index contributed by atoms with van der Waals surface area (Å²) in [7, 11) is 0. The van der Waals surface area contributed by atoms with Gasteiger partial charge < -0.3 is 0 Å². The standard InChI is InChI=1S/C7H9.3CH3.Pt/c1-2-7-5-3-4-6-7;;;;/h3-6H,2H2,1H3;3*1H3;. The van der Waals surface area contributed by atoms with Gasteiger partial charge in [-0.2, -0.15) is 0 Å². The van der Waals surface area contributed by atoms with Gasteiger partial charge in [-0.25, -0.2) is 0 Å². The predicted molar refractivity (Wildman–Crippen MR) is 48.9 cm³/mol. The molecule has 0 atom stereocenters. The van der Waals surface area contributed by atoms with Gasteiger partial charge in [0.1, 0.15) is 0 Å². The first-order valence-corrected chi connectivity index (χ1v) is 11.7. The van der Waals surface area contributed by atoms with Gasteiger partial charge in [-0.1, -0.05) is 0 Å². The Labute approximate surface area is 73.6 Å². The Morgan fingerprint density at radius 2 is 1.55 bits per heavy atom. The normalized spacial score (nSPS) is 22.5. The van der Waals surface area contributed by atoms with Gasteiger partial charge in [-0.3, -0.25) is 0 Å². The van der Waals surface area contributed by atoms with Crippen molar-refractivity contribution >= 4 is 0 Å². The summed E-state index contributed by atoms with van der Waals surface area (Å²) >= 11 is -1.47. The van der Waals surface area contributed by atoms with Crippen molar-refractivity contribution < 1.29 is 16.1 Å². The molecule has 1 rings (SSSR count). The molecule has 0 fully saturated rings. The van der Waals surface area contributed by atoms with E-state index in [-0.39, 0.29) is 0 Å². The quantitative estimate of drug-likeness (QED) is 0.717. The van der Waals surface area contributed by atoms with Gasteiger partial charge in [0, 0.05) is 0 Å². The molecule has 0 N–H and O–H groups in total. The summed E-state index contributed by atoms with van der Waals surface area (Å²) in [5.41, 5.74) is 0. The third-order valence-corrected chi connectivity index (χ3v) is 10.1. The molecule has 0 saturated carbocycles. The molecule has 1 aliphatic rings. The molecule has 0 aromatic carbocycles. The topological polar surface area (TPSA) is 0 Å². The van der Waals surface area contributed by atoms with Crippen molar-refractivity contribution in [3.63, 3.8) is 0 Å². The van der Waals surface area contributed by atoms with E-state index in [2.05, 4.69) is 47.2 Å². The molecular formula is C10H18Pt. The summed E-state index contributed by atoms with van der Waals surface area (Å²) in [5.74, 6) is 0. The van der Waals surface area contributed by atoms with Crippen LogP contribution in [-0.2, 0) is 16.1 Å². The first-order valence-electron chi connectivity index (χ1n) is 3.74. The van der Waals surface area contributed by atoms with E-state index in [1.54, 1.807) is 0 Å². The molecule has 0 amide bonds. The van der Waals surface area contributed by atoms with Crippen molar-refractivity contribution in [3.8, 4) is 0 Å². The van der Waals surface area contributed by atoms with E-state index in [4.69, 9.17) is 0 Å². The maximum absolute atomic E-state index is 2.48. The molecule has 0 saturated heterocycles. The zero-order valence-electron chi connectivity index (χ0n) is 7.83. The molecule has 0 radical (unpaired) electrons. The monoisotopic (exact) mass is 333 g/mol. The molecular weight excluding hydrogens is 315 g/mol. The van der Waals surface area contributed by atoms with Crippen LogP contribution < -0.4 is 0 Å². The number of rotatable bonds is 2. The van der Waals surface area contributed by atoms with E-state index in [9.17, 15) is 0 Å². The molecule has 0 bridgehead atoms. The minimum absolute atomic E-state index is 0.493. The van der Waals surface area contributed by atoms with E-state index in [1.165, 1.54) is 6.42 Å². The average molecular weight is 333 g/mol. The number of hydrogen-bond donors (Lipinski definition) is 0. The Kier molecular flexibility index (Phi) is 2.44. The molecule has 1 heteroatoms. The van der Waals surface area contributed by atoms with E-state index in [0.717, 1.165) is 0 Å². The molecule has 0 aromatic heterocycles. The summed E-state index contributed by atoms with van der Waals surface area (Å²) in [5, 5.41) is 7.45. The van der Waals surface area contributed by atoms with Crippen molar-refractivity contribution in [3.05, 3.63) is 24.3 Å². The van der Waals surface area contributed by atoms with Crippen molar-refractivity contribution in [2.24, 2.45) is 0 Å². The summed E-state index contributed by atoms with van der Waals surface area (Å²) in [6.45, 7) is 2.30. The van der Waals surface area contributed by atoms with Crippen molar-refractivity contribution in [2.75, 3.05) is 0 Å². The molecule has 1 aliphatic carbocycles. The van der Waals surface area contributed by atoms with Gasteiger partial charge in [-0.05, 0) is 0 Å². The molecule has 68 valence electrons. The van der Waals surface area contributed by atoms with Gasteiger partial charge in [0.15, 0.2) is 0 Å². The fourth-order valence-corrected chi connectivity index (χ4v) is 6.48. The van der Waals surface area contributed by atoms with Gasteiger partial charge in [0.2, 0.25) is 0 Å². The van der Waals surface area contributed by atoms with Crippen molar-refractivity contribution in [1.82, 2.24) is 0 Å². The van der Waals surface area contributed by atoms with Crippen molar-refractivity contribution in [2.45, 2.75) is 33.1 Å². The van der Waals surface area contributed by atoms with Gasteiger partial charge >= 0.3 is 73.5 Å². The van der Waals surface area contributed by atoms with Crippen LogP contribution in [0.5, 0.6) is 0 Å². The van der Waals surface area contributed by atoms with Crippen LogP contribution in [0.3, 0.4) is 0 Å². The van der Waals surface area contributed by atoms with Crippen LogP contribution >= 0.6 is 0 Å². The van der Waals surface area contributed by atoms with Crippen molar-refractivity contribution in [1.29, 1.82) is 0 Å². The molecule has 11 heavy (non-hydrogen) atoms. The van der Waals surface area contributed by atoms with Crippen LogP contribution in [0.1, 0.15) is 13.3 Å². The second-order valence-electron chi connectivity index (χ2n) is 3.36. The van der Waals surface area contributed by atoms with Crippen LogP contribution in [0.2, 0.25) is 19.7 Å². The minimum atomic E-state index is -1.47. The number of allylic oxidation sites excluding steroid dienone is 4. The van der Waals surface area contributed by atoms with Crippen LogP contribution in [0, 0.1) is 0 Å². The fourth-order valence-electron chi connectivity index (χ4n) is 1.36. The summed E-state index contributed by atoms with van der Waals surface area (Å²) in [6, 6.07) is 0. The molecule has 0 aromatic rings. The first kappa shape index (κ1) is 9.26. The summed E-state index contributed by atoms with van der Waals surface area (Å²) in [4.78, 5) is 0. The number of hydrogen-bond acceptors (Lipinski definition) is 0. The van der Waals surface area contributed by atoms with Gasteiger partial charge in [-0.15, -0.1) is 0 Å². The molecule has 0 heterocycles.